The molecule has 0 amide bonds. The van der Waals surface area contributed by atoms with Crippen LogP contribution in [0.15, 0.2) is 36.5 Å². The van der Waals surface area contributed by atoms with Gasteiger partial charge in [0.25, 0.3) is 0 Å². The Balaban J connectivity index is 4.17. The topological polar surface area (TPSA) is 78.9 Å². The minimum Gasteiger partial charge on any atom is -0.462 e. The summed E-state index contributed by atoms with van der Waals surface area (Å²) in [5.41, 5.74) is 0. The van der Waals surface area contributed by atoms with E-state index in [4.69, 9.17) is 14.2 Å². The van der Waals surface area contributed by atoms with E-state index in [0.29, 0.717) is 19.3 Å². The number of carbonyl (C=O) groups excluding carboxylic acids is 3. The van der Waals surface area contributed by atoms with Crippen LogP contribution < -0.4 is 0 Å². The lowest BCUT2D eigenvalue weighted by atomic mass is 10.0. The Labute approximate surface area is 486 Å². The smallest absolute Gasteiger partial charge is 0.306 e. The van der Waals surface area contributed by atoms with Crippen LogP contribution in [0, 0.1) is 0 Å². The Hall–Kier alpha value is -2.37. The van der Waals surface area contributed by atoms with Gasteiger partial charge in [-0.15, -0.1) is 0 Å². The fourth-order valence-corrected chi connectivity index (χ4v) is 10.7. The maximum atomic E-state index is 12.9. The van der Waals surface area contributed by atoms with E-state index in [9.17, 15) is 14.4 Å². The van der Waals surface area contributed by atoms with E-state index in [1.165, 1.54) is 250 Å². The minimum absolute atomic E-state index is 0.0720. The van der Waals surface area contributed by atoms with Crippen molar-refractivity contribution in [2.45, 2.75) is 393 Å². The fourth-order valence-electron chi connectivity index (χ4n) is 10.7. The van der Waals surface area contributed by atoms with Crippen molar-refractivity contribution in [2.75, 3.05) is 13.2 Å². The highest BCUT2D eigenvalue weighted by Gasteiger charge is 2.19. The summed E-state index contributed by atoms with van der Waals surface area (Å²) in [4.78, 5) is 38.4. The van der Waals surface area contributed by atoms with Crippen molar-refractivity contribution in [2.24, 2.45) is 0 Å². The highest BCUT2D eigenvalue weighted by atomic mass is 16.6. The first-order valence-electron chi connectivity index (χ1n) is 35.0. The number of esters is 3. The summed E-state index contributed by atoms with van der Waals surface area (Å²) in [7, 11) is 0. The molecule has 0 fully saturated rings. The van der Waals surface area contributed by atoms with E-state index in [2.05, 4.69) is 57.2 Å². The molecule has 0 aliphatic carbocycles. The molecule has 6 heteroatoms. The Morgan fingerprint density at radius 2 is 0.500 bits per heavy atom. The van der Waals surface area contributed by atoms with Gasteiger partial charge in [-0.05, 0) is 51.4 Å². The number of ether oxygens (including phenoxy) is 3. The summed E-state index contributed by atoms with van der Waals surface area (Å²) in [6.07, 6.45) is 83.3. The van der Waals surface area contributed by atoms with Crippen molar-refractivity contribution >= 4 is 17.9 Å². The van der Waals surface area contributed by atoms with E-state index >= 15 is 0 Å². The second-order valence-electron chi connectivity index (χ2n) is 23.8. The largest absolute Gasteiger partial charge is 0.462 e. The van der Waals surface area contributed by atoms with Crippen molar-refractivity contribution in [3.05, 3.63) is 36.5 Å². The van der Waals surface area contributed by atoms with Gasteiger partial charge in [0.15, 0.2) is 6.10 Å². The first-order chi connectivity index (χ1) is 38.5. The molecule has 0 saturated heterocycles. The third-order valence-electron chi connectivity index (χ3n) is 15.9. The second kappa shape index (κ2) is 67.1. The van der Waals surface area contributed by atoms with Crippen LogP contribution in [0.5, 0.6) is 0 Å². The summed E-state index contributed by atoms with van der Waals surface area (Å²) in [6.45, 7) is 6.59. The molecule has 0 aromatic heterocycles. The zero-order valence-corrected chi connectivity index (χ0v) is 52.7. The van der Waals surface area contributed by atoms with Crippen LogP contribution in [0.4, 0.5) is 0 Å². The van der Waals surface area contributed by atoms with E-state index < -0.39 is 6.10 Å². The molecule has 0 aliphatic rings. The highest BCUT2D eigenvalue weighted by molar-refractivity contribution is 5.71. The molecular weight excluding hydrogens is 961 g/mol. The van der Waals surface area contributed by atoms with Gasteiger partial charge in [0.05, 0.1) is 0 Å². The van der Waals surface area contributed by atoms with Gasteiger partial charge in [0.2, 0.25) is 0 Å². The first-order valence-corrected chi connectivity index (χ1v) is 35.0. The van der Waals surface area contributed by atoms with Crippen LogP contribution in [-0.4, -0.2) is 37.2 Å². The Kier molecular flexibility index (Phi) is 65.1. The van der Waals surface area contributed by atoms with Gasteiger partial charge in [0, 0.05) is 19.3 Å². The molecule has 458 valence electrons. The molecule has 0 bridgehead atoms. The van der Waals surface area contributed by atoms with E-state index in [1.807, 2.05) is 0 Å². The molecule has 0 rings (SSSR count). The maximum absolute atomic E-state index is 12.9. The van der Waals surface area contributed by atoms with Crippen molar-refractivity contribution in [3.63, 3.8) is 0 Å². The van der Waals surface area contributed by atoms with Crippen LogP contribution in [0.1, 0.15) is 387 Å². The Morgan fingerprint density at radius 1 is 0.269 bits per heavy atom. The molecule has 0 aromatic carbocycles. The van der Waals surface area contributed by atoms with Gasteiger partial charge < -0.3 is 14.2 Å². The van der Waals surface area contributed by atoms with Crippen molar-refractivity contribution < 1.29 is 28.6 Å². The molecule has 78 heavy (non-hydrogen) atoms. The zero-order chi connectivity index (χ0) is 56.4. The van der Waals surface area contributed by atoms with E-state index in [1.54, 1.807) is 0 Å². The lowest BCUT2D eigenvalue weighted by Gasteiger charge is -2.18. The lowest BCUT2D eigenvalue weighted by Crippen LogP contribution is -2.30. The van der Waals surface area contributed by atoms with Gasteiger partial charge in [-0.3, -0.25) is 14.4 Å². The molecule has 0 aliphatic heterocycles. The molecule has 0 N–H and O–H groups in total. The molecule has 0 spiro atoms. The average molecular weight is 1100 g/mol. The van der Waals surface area contributed by atoms with Gasteiger partial charge in [-0.25, -0.2) is 0 Å². The van der Waals surface area contributed by atoms with Crippen molar-refractivity contribution in [1.29, 1.82) is 0 Å². The predicted molar refractivity (Wildman–Crippen MR) is 339 cm³/mol. The minimum atomic E-state index is -0.776. The molecule has 1 atom stereocenters. The fraction of sp³-hybridized carbons (Fsp3) is 0.875. The van der Waals surface area contributed by atoms with Gasteiger partial charge in [-0.1, -0.05) is 353 Å². The van der Waals surface area contributed by atoms with E-state index in [-0.39, 0.29) is 31.1 Å². The van der Waals surface area contributed by atoms with Crippen LogP contribution in [-0.2, 0) is 28.6 Å². The summed E-state index contributed by atoms with van der Waals surface area (Å²) >= 11 is 0. The Bertz CT molecular complexity index is 1300. The number of carbonyl (C=O) groups is 3. The van der Waals surface area contributed by atoms with Gasteiger partial charge >= 0.3 is 17.9 Å². The number of allylic oxidation sites excluding steroid dienone is 6. The molecule has 1 unspecified atom stereocenters. The van der Waals surface area contributed by atoms with Crippen LogP contribution in [0.3, 0.4) is 0 Å². The number of rotatable bonds is 65. The third kappa shape index (κ3) is 64.5. The number of hydrogen-bond acceptors (Lipinski definition) is 6. The monoisotopic (exact) mass is 1100 g/mol. The van der Waals surface area contributed by atoms with Crippen LogP contribution in [0.2, 0.25) is 0 Å². The number of unbranched alkanes of at least 4 members (excludes halogenated alkanes) is 48. The average Bonchev–Trinajstić information content (AvgIpc) is 3.44. The quantitative estimate of drug-likeness (QED) is 0.0261. The molecule has 0 radical (unpaired) electrons. The summed E-state index contributed by atoms with van der Waals surface area (Å²) in [5, 5.41) is 0. The lowest BCUT2D eigenvalue weighted by molar-refractivity contribution is -0.167. The van der Waals surface area contributed by atoms with Crippen LogP contribution in [0.25, 0.3) is 0 Å². The standard InChI is InChI=1S/C72H134O6/c1-4-7-10-13-16-19-22-25-28-30-31-32-33-34-35-36-37-38-39-40-41-42-45-47-50-53-56-59-62-65-71(74)77-68-69(67-76-70(73)64-61-58-55-52-49-46-43-27-24-21-18-15-12-9-6-3)78-72(75)66-63-60-57-54-51-48-44-29-26-23-20-17-14-11-8-5-2/h9,12,18,21,27,43,69H,4-8,10-11,13-17,19-20,22-26,28-42,44-68H2,1-3H3/b12-9-,21-18-,43-27-. The molecular formula is C72H134O6. The summed E-state index contributed by atoms with van der Waals surface area (Å²) in [5.74, 6) is -0.861. The molecule has 0 saturated carbocycles. The number of hydrogen-bond donors (Lipinski definition) is 0. The molecule has 0 aromatic rings. The van der Waals surface area contributed by atoms with Crippen molar-refractivity contribution in [3.8, 4) is 0 Å². The Morgan fingerprint density at radius 3 is 0.782 bits per heavy atom. The molecule has 0 heterocycles. The first kappa shape index (κ1) is 75.6. The van der Waals surface area contributed by atoms with Crippen molar-refractivity contribution in [1.82, 2.24) is 0 Å². The maximum Gasteiger partial charge on any atom is 0.306 e. The van der Waals surface area contributed by atoms with Gasteiger partial charge in [-0.2, -0.15) is 0 Å². The SMILES string of the molecule is CC/C=C\C/C=C\C/C=C\CCCCCCCC(=O)OCC(COC(=O)CCCCCCCCCCCCCCCCCCCCCCCCCCCCCCC)OC(=O)CCCCCCCCCCCCCCCCCC. The summed E-state index contributed by atoms with van der Waals surface area (Å²) in [6, 6.07) is 0. The van der Waals surface area contributed by atoms with Gasteiger partial charge in [0.1, 0.15) is 13.2 Å². The predicted octanol–water partition coefficient (Wildman–Crippen LogP) is 23.9. The second-order valence-corrected chi connectivity index (χ2v) is 23.8. The molecule has 6 nitrogen and oxygen atoms in total. The normalized spacial score (nSPS) is 12.2. The zero-order valence-electron chi connectivity index (χ0n) is 52.7. The van der Waals surface area contributed by atoms with E-state index in [0.717, 1.165) is 96.3 Å². The van der Waals surface area contributed by atoms with Crippen LogP contribution >= 0.6 is 0 Å². The highest BCUT2D eigenvalue weighted by Crippen LogP contribution is 2.19. The summed E-state index contributed by atoms with van der Waals surface area (Å²) < 4.78 is 17.0. The third-order valence-corrected chi connectivity index (χ3v) is 15.9.